The average Bonchev–Trinajstić information content (AvgIpc) is 3.95. The van der Waals surface area contributed by atoms with Gasteiger partial charge in [0.05, 0.1) is 0 Å². The van der Waals surface area contributed by atoms with E-state index in [-0.39, 0.29) is 0 Å². The molecule has 16 aromatic rings. The molecule has 0 bridgehead atoms. The molecular weight excluding hydrogens is 951 g/mol. The van der Waals surface area contributed by atoms with Crippen molar-refractivity contribution in [3.8, 4) is 55.6 Å². The van der Waals surface area contributed by atoms with Crippen molar-refractivity contribution in [2.45, 2.75) is 0 Å². The first-order chi connectivity index (χ1) is 37.6. The average molecular weight is 999 g/mol. The van der Waals surface area contributed by atoms with Crippen LogP contribution in [0.2, 0.25) is 0 Å². The van der Waals surface area contributed by atoms with Crippen LogP contribution in [0.1, 0.15) is 0 Å². The fourth-order valence-electron chi connectivity index (χ4n) is 13.5. The predicted octanol–water partition coefficient (Wildman–Crippen LogP) is 22.6. The van der Waals surface area contributed by atoms with Gasteiger partial charge in [-0.1, -0.05) is 231 Å². The summed E-state index contributed by atoms with van der Waals surface area (Å²) in [6.45, 7) is 4.93. The van der Waals surface area contributed by atoms with E-state index >= 15 is 0 Å². The Hall–Kier alpha value is -8.76. The number of aryl methyl sites for hydroxylation is 2. The molecule has 0 fully saturated rings. The maximum Gasteiger partial charge on any atom is 0.00996 e. The zero-order chi connectivity index (χ0) is 50.2. The summed E-state index contributed by atoms with van der Waals surface area (Å²) in [5, 5.41) is 26.5. The lowest BCUT2D eigenvalue weighted by atomic mass is 9.81. The smallest absolute Gasteiger partial charge is 0.00996 e. The predicted molar refractivity (Wildman–Crippen MR) is 336 cm³/mol. The molecule has 0 saturated heterocycles. The van der Waals surface area contributed by atoms with Crippen molar-refractivity contribution < 1.29 is 0 Å². The molecule has 2 heterocycles. The number of fused-ring (bicyclic) bond motifs is 12. The minimum atomic E-state index is -0.576. The van der Waals surface area contributed by atoms with Crippen LogP contribution in [0.15, 0.2) is 255 Å². The zero-order valence-electron chi connectivity index (χ0n) is 42.1. The second-order valence-electron chi connectivity index (χ2n) is 20.8. The van der Waals surface area contributed by atoms with Crippen molar-refractivity contribution in [2.24, 2.45) is 13.3 Å². The molecule has 354 valence electrons. The van der Waals surface area contributed by atoms with Gasteiger partial charge in [0.2, 0.25) is 0 Å². The summed E-state index contributed by atoms with van der Waals surface area (Å²) in [6, 6.07) is 97.2. The van der Waals surface area contributed by atoms with Crippen LogP contribution in [0, 0.1) is 0 Å². The largest absolute Gasteiger partial charge is 0.111 e. The Morgan fingerprint density at radius 3 is 0.947 bits per heavy atom. The zero-order valence-corrected chi connectivity index (χ0v) is 43.9. The van der Waals surface area contributed by atoms with Crippen molar-refractivity contribution in [1.82, 2.24) is 0 Å². The van der Waals surface area contributed by atoms with E-state index in [0.717, 1.165) is 0 Å². The number of hydrogen-bond acceptors (Lipinski definition) is 0. The van der Waals surface area contributed by atoms with Gasteiger partial charge in [-0.15, -0.1) is 15.1 Å². The summed E-state index contributed by atoms with van der Waals surface area (Å²) in [4.78, 5) is 0. The molecule has 2 unspecified atom stereocenters. The molecular formula is C74H48P2. The Bertz CT molecular complexity index is 4830. The second-order valence-corrected chi connectivity index (χ2v) is 24.9. The number of rotatable bonds is 5. The quantitative estimate of drug-likeness (QED) is 0.151. The third-order valence-corrected chi connectivity index (χ3v) is 21.4. The van der Waals surface area contributed by atoms with E-state index in [0.29, 0.717) is 0 Å². The van der Waals surface area contributed by atoms with Gasteiger partial charge in [-0.05, 0) is 179 Å². The Kier molecular flexibility index (Phi) is 9.69. The van der Waals surface area contributed by atoms with Crippen LogP contribution in [-0.4, -0.2) is 0 Å². The van der Waals surface area contributed by atoms with Gasteiger partial charge in [-0.25, -0.2) is 0 Å². The molecule has 0 aliphatic rings. The van der Waals surface area contributed by atoms with E-state index in [1.54, 1.807) is 0 Å². The van der Waals surface area contributed by atoms with Crippen molar-refractivity contribution in [1.29, 1.82) is 0 Å². The molecule has 0 spiro atoms. The van der Waals surface area contributed by atoms with Crippen LogP contribution in [-0.2, 0) is 13.3 Å². The minimum absolute atomic E-state index is 0.576. The Labute approximate surface area is 442 Å². The standard InChI is InChI=1S/C74H48P2/c1-75-69-35-9-7-21-55(69)63-33-15-31-61(73(63)75)53-25-13-29-59-67(53)44-68-54(62-32-16-34-64-56-22-8-10-36-70(56)76(2)74(62)64)26-14-30-60(68)72(59)71-57-27-11-23-51(49-39-37-45-17-3-5-19-47(45)41-49)65(57)43-66-52(24-12-28-58(66)71)50-40-38-46-18-4-6-20-48(46)42-50/h3-44H,1-2H3. The third-order valence-electron chi connectivity index (χ3n) is 16.9. The summed E-state index contributed by atoms with van der Waals surface area (Å²) in [5.41, 5.74) is 12.7. The van der Waals surface area contributed by atoms with Crippen LogP contribution >= 0.6 is 15.1 Å². The van der Waals surface area contributed by atoms with Gasteiger partial charge in [-0.3, -0.25) is 0 Å². The van der Waals surface area contributed by atoms with Crippen LogP contribution in [0.5, 0.6) is 0 Å². The summed E-state index contributed by atoms with van der Waals surface area (Å²) >= 11 is 0. The minimum Gasteiger partial charge on any atom is -0.111 e. The summed E-state index contributed by atoms with van der Waals surface area (Å²) in [7, 11) is -1.15. The number of hydrogen-bond donors (Lipinski definition) is 0. The Morgan fingerprint density at radius 2 is 0.526 bits per heavy atom. The van der Waals surface area contributed by atoms with Gasteiger partial charge >= 0.3 is 0 Å². The molecule has 0 nitrogen and oxygen atoms in total. The SMILES string of the molecule is Cp1c2ccccc2c2cccc(-c3cccc4c(-c5c6cccc(-c7ccc8ccccc8c7)c6cc6c(-c7ccc8ccccc8c7)cccc56)c5cccc(-c6cccc7c8ccccc8p(C)c67)c5cc34)c21. The fourth-order valence-corrected chi connectivity index (χ4v) is 17.9. The first-order valence-electron chi connectivity index (χ1n) is 26.4. The van der Waals surface area contributed by atoms with E-state index in [2.05, 4.69) is 268 Å². The van der Waals surface area contributed by atoms with E-state index in [1.165, 1.54) is 162 Å². The molecule has 2 heteroatoms. The molecule has 0 saturated carbocycles. The van der Waals surface area contributed by atoms with Crippen LogP contribution in [0.4, 0.5) is 0 Å². The molecule has 0 aliphatic carbocycles. The summed E-state index contributed by atoms with van der Waals surface area (Å²) in [5.74, 6) is 0. The first kappa shape index (κ1) is 43.6. The molecule has 76 heavy (non-hydrogen) atoms. The number of benzene rings is 14. The lowest BCUT2D eigenvalue weighted by Gasteiger charge is -2.22. The first-order valence-corrected chi connectivity index (χ1v) is 30.0. The van der Waals surface area contributed by atoms with Gasteiger partial charge in [0.25, 0.3) is 0 Å². The van der Waals surface area contributed by atoms with Crippen molar-refractivity contribution >= 4 is 122 Å². The second kappa shape index (κ2) is 16.9. The maximum atomic E-state index is 2.58. The van der Waals surface area contributed by atoms with Crippen molar-refractivity contribution in [3.63, 3.8) is 0 Å². The molecule has 0 aliphatic heterocycles. The topological polar surface area (TPSA) is 0 Å². The van der Waals surface area contributed by atoms with E-state index in [9.17, 15) is 0 Å². The highest BCUT2D eigenvalue weighted by molar-refractivity contribution is 7.60. The van der Waals surface area contributed by atoms with Gasteiger partial charge < -0.3 is 0 Å². The van der Waals surface area contributed by atoms with E-state index in [1.807, 2.05) is 0 Å². The molecule has 14 aromatic carbocycles. The molecule has 0 radical (unpaired) electrons. The Balaban J connectivity index is 1.09. The van der Waals surface area contributed by atoms with Crippen molar-refractivity contribution in [2.75, 3.05) is 0 Å². The van der Waals surface area contributed by atoms with Crippen LogP contribution < -0.4 is 0 Å². The molecule has 2 atom stereocenters. The molecule has 0 amide bonds. The maximum absolute atomic E-state index is 2.58. The van der Waals surface area contributed by atoms with Gasteiger partial charge in [0, 0.05) is 20.5 Å². The van der Waals surface area contributed by atoms with Gasteiger partial charge in [0.15, 0.2) is 0 Å². The lowest BCUT2D eigenvalue weighted by molar-refractivity contribution is 1.66. The summed E-state index contributed by atoms with van der Waals surface area (Å²) in [6.07, 6.45) is 0. The molecule has 0 N–H and O–H groups in total. The third kappa shape index (κ3) is 6.39. The van der Waals surface area contributed by atoms with Crippen LogP contribution in [0.25, 0.3) is 162 Å². The normalized spacial score (nSPS) is 12.6. The van der Waals surface area contributed by atoms with E-state index in [4.69, 9.17) is 0 Å². The van der Waals surface area contributed by atoms with Crippen LogP contribution in [0.3, 0.4) is 0 Å². The Morgan fingerprint density at radius 1 is 0.211 bits per heavy atom. The highest BCUT2D eigenvalue weighted by Crippen LogP contribution is 2.56. The monoisotopic (exact) mass is 998 g/mol. The molecule has 16 rings (SSSR count). The van der Waals surface area contributed by atoms with Gasteiger partial charge in [0.1, 0.15) is 0 Å². The summed E-state index contributed by atoms with van der Waals surface area (Å²) < 4.78 is 0. The fraction of sp³-hybridized carbons (Fsp3) is 0.0270. The molecule has 2 aromatic heterocycles. The highest BCUT2D eigenvalue weighted by atomic mass is 31.1. The highest BCUT2D eigenvalue weighted by Gasteiger charge is 2.24. The van der Waals surface area contributed by atoms with Crippen molar-refractivity contribution in [3.05, 3.63) is 255 Å². The van der Waals surface area contributed by atoms with E-state index < -0.39 is 15.1 Å². The van der Waals surface area contributed by atoms with Gasteiger partial charge in [-0.2, -0.15) is 0 Å². The lowest BCUT2D eigenvalue weighted by Crippen LogP contribution is -1.94.